The normalized spacial score (nSPS) is 10.1. The lowest BCUT2D eigenvalue weighted by Gasteiger charge is -2.09. The number of anilines is 1. The van der Waals surface area contributed by atoms with Gasteiger partial charge in [-0.15, -0.1) is 0 Å². The zero-order chi connectivity index (χ0) is 14.5. The third-order valence-electron chi connectivity index (χ3n) is 2.73. The Balaban J connectivity index is 2.21. The summed E-state index contributed by atoms with van der Waals surface area (Å²) in [6.45, 7) is 4.24. The maximum absolute atomic E-state index is 11.9. The molecule has 3 N–H and O–H groups in total. The number of aromatic amines is 1. The predicted molar refractivity (Wildman–Crippen MR) is 73.5 cm³/mol. The third-order valence-corrected chi connectivity index (χ3v) is 2.73. The van der Waals surface area contributed by atoms with E-state index in [1.165, 1.54) is 6.20 Å². The summed E-state index contributed by atoms with van der Waals surface area (Å²) in [4.78, 5) is 23.7. The Labute approximate surface area is 115 Å². The van der Waals surface area contributed by atoms with Crippen LogP contribution in [-0.2, 0) is 0 Å². The standard InChI is InChI=1S/C13H15N5O2/c1-3-14-12(19)9-5-4-8(2)10(6-9)16-13(20)11-7-15-18-17-11/h4-7H,3H2,1-2H3,(H,14,19)(H,16,20)(H,15,17,18). The van der Waals surface area contributed by atoms with E-state index in [-0.39, 0.29) is 17.5 Å². The van der Waals surface area contributed by atoms with E-state index in [9.17, 15) is 9.59 Å². The van der Waals surface area contributed by atoms with E-state index in [2.05, 4.69) is 26.0 Å². The van der Waals surface area contributed by atoms with Gasteiger partial charge in [0.25, 0.3) is 11.8 Å². The van der Waals surface area contributed by atoms with Crippen molar-refractivity contribution in [1.82, 2.24) is 20.7 Å². The van der Waals surface area contributed by atoms with Crippen molar-refractivity contribution in [1.29, 1.82) is 0 Å². The van der Waals surface area contributed by atoms with Crippen molar-refractivity contribution >= 4 is 17.5 Å². The highest BCUT2D eigenvalue weighted by atomic mass is 16.2. The average molecular weight is 273 g/mol. The first kappa shape index (κ1) is 13.7. The average Bonchev–Trinajstić information content (AvgIpc) is 2.95. The minimum atomic E-state index is -0.380. The summed E-state index contributed by atoms with van der Waals surface area (Å²) in [7, 11) is 0. The Morgan fingerprint density at radius 3 is 2.75 bits per heavy atom. The Bertz CT molecular complexity index is 622. The molecule has 2 rings (SSSR count). The lowest BCUT2D eigenvalue weighted by Crippen LogP contribution is -2.23. The van der Waals surface area contributed by atoms with E-state index in [1.54, 1.807) is 18.2 Å². The van der Waals surface area contributed by atoms with Crippen molar-refractivity contribution in [3.8, 4) is 0 Å². The van der Waals surface area contributed by atoms with E-state index in [1.807, 2.05) is 13.8 Å². The van der Waals surface area contributed by atoms with Crippen LogP contribution in [0.15, 0.2) is 24.4 Å². The van der Waals surface area contributed by atoms with Gasteiger partial charge < -0.3 is 10.6 Å². The molecule has 2 amide bonds. The Hall–Kier alpha value is -2.70. The van der Waals surface area contributed by atoms with Gasteiger partial charge in [0.2, 0.25) is 0 Å². The van der Waals surface area contributed by atoms with Gasteiger partial charge in [0.1, 0.15) is 0 Å². The van der Waals surface area contributed by atoms with Crippen LogP contribution in [0.3, 0.4) is 0 Å². The van der Waals surface area contributed by atoms with Crippen LogP contribution in [-0.4, -0.2) is 33.8 Å². The molecule has 0 aliphatic carbocycles. The fourth-order valence-electron chi connectivity index (χ4n) is 1.66. The van der Waals surface area contributed by atoms with Crippen molar-refractivity contribution in [2.75, 3.05) is 11.9 Å². The Morgan fingerprint density at radius 1 is 1.30 bits per heavy atom. The number of hydrogen-bond acceptors (Lipinski definition) is 4. The molecule has 0 aliphatic rings. The van der Waals surface area contributed by atoms with E-state index in [0.717, 1.165) is 5.56 Å². The van der Waals surface area contributed by atoms with Gasteiger partial charge in [0.15, 0.2) is 5.69 Å². The maximum atomic E-state index is 11.9. The molecule has 1 aromatic heterocycles. The summed E-state index contributed by atoms with van der Waals surface area (Å²) in [5, 5.41) is 15.1. The molecular formula is C13H15N5O2. The van der Waals surface area contributed by atoms with Crippen molar-refractivity contribution in [3.05, 3.63) is 41.2 Å². The van der Waals surface area contributed by atoms with E-state index in [0.29, 0.717) is 17.8 Å². The second-order valence-electron chi connectivity index (χ2n) is 4.20. The van der Waals surface area contributed by atoms with Gasteiger partial charge in [-0.1, -0.05) is 6.07 Å². The fraction of sp³-hybridized carbons (Fsp3) is 0.231. The number of nitrogens with zero attached hydrogens (tertiary/aromatic N) is 2. The molecule has 20 heavy (non-hydrogen) atoms. The van der Waals surface area contributed by atoms with Crippen LogP contribution in [0, 0.1) is 6.92 Å². The monoisotopic (exact) mass is 273 g/mol. The molecule has 0 unspecified atom stereocenters. The number of carbonyl (C=O) groups excluding carboxylic acids is 2. The molecule has 0 aliphatic heterocycles. The lowest BCUT2D eigenvalue weighted by molar-refractivity contribution is 0.0954. The van der Waals surface area contributed by atoms with Gasteiger partial charge in [-0.3, -0.25) is 9.59 Å². The summed E-state index contributed by atoms with van der Waals surface area (Å²) < 4.78 is 0. The topological polar surface area (TPSA) is 99.8 Å². The van der Waals surface area contributed by atoms with Crippen LogP contribution < -0.4 is 10.6 Å². The summed E-state index contributed by atoms with van der Waals surface area (Å²) in [6.07, 6.45) is 1.33. The molecule has 2 aromatic rings. The minimum Gasteiger partial charge on any atom is -0.352 e. The van der Waals surface area contributed by atoms with Gasteiger partial charge in [-0.05, 0) is 31.5 Å². The number of benzene rings is 1. The van der Waals surface area contributed by atoms with E-state index < -0.39 is 0 Å². The molecule has 0 bridgehead atoms. The van der Waals surface area contributed by atoms with Crippen LogP contribution in [0.2, 0.25) is 0 Å². The van der Waals surface area contributed by atoms with Crippen molar-refractivity contribution in [2.45, 2.75) is 13.8 Å². The maximum Gasteiger partial charge on any atom is 0.277 e. The highest BCUT2D eigenvalue weighted by Crippen LogP contribution is 2.17. The first-order chi connectivity index (χ1) is 9.61. The SMILES string of the molecule is CCNC(=O)c1ccc(C)c(NC(=O)c2cn[nH]n2)c1. The highest BCUT2D eigenvalue weighted by Gasteiger charge is 2.12. The van der Waals surface area contributed by atoms with Crippen molar-refractivity contribution in [3.63, 3.8) is 0 Å². The zero-order valence-corrected chi connectivity index (χ0v) is 11.2. The predicted octanol–water partition coefficient (Wildman–Crippen LogP) is 1.12. The van der Waals surface area contributed by atoms with Gasteiger partial charge in [-0.2, -0.15) is 15.4 Å². The molecule has 0 spiro atoms. The van der Waals surface area contributed by atoms with Crippen molar-refractivity contribution in [2.24, 2.45) is 0 Å². The van der Waals surface area contributed by atoms with E-state index >= 15 is 0 Å². The molecule has 0 saturated heterocycles. The highest BCUT2D eigenvalue weighted by molar-refractivity contribution is 6.04. The number of H-pyrrole nitrogens is 1. The molecular weight excluding hydrogens is 258 g/mol. The third kappa shape index (κ3) is 3.00. The molecule has 0 fully saturated rings. The molecule has 0 saturated carbocycles. The number of rotatable bonds is 4. The largest absolute Gasteiger partial charge is 0.352 e. The summed E-state index contributed by atoms with van der Waals surface area (Å²) in [5.41, 5.74) is 2.11. The van der Waals surface area contributed by atoms with Crippen LogP contribution >= 0.6 is 0 Å². The molecule has 0 radical (unpaired) electrons. The molecule has 1 heterocycles. The number of aryl methyl sites for hydroxylation is 1. The summed E-state index contributed by atoms with van der Waals surface area (Å²) in [6, 6.07) is 5.13. The number of aromatic nitrogens is 3. The molecule has 7 nitrogen and oxygen atoms in total. The molecule has 0 atom stereocenters. The number of nitrogens with one attached hydrogen (secondary N) is 3. The number of amides is 2. The number of hydrogen-bond donors (Lipinski definition) is 3. The molecule has 7 heteroatoms. The first-order valence-corrected chi connectivity index (χ1v) is 6.17. The number of carbonyl (C=O) groups is 2. The summed E-state index contributed by atoms with van der Waals surface area (Å²) in [5.74, 6) is -0.556. The fourth-order valence-corrected chi connectivity index (χ4v) is 1.66. The van der Waals surface area contributed by atoms with Gasteiger partial charge in [0.05, 0.1) is 6.20 Å². The second kappa shape index (κ2) is 5.96. The summed E-state index contributed by atoms with van der Waals surface area (Å²) >= 11 is 0. The molecule has 104 valence electrons. The van der Waals surface area contributed by atoms with Gasteiger partial charge in [0, 0.05) is 17.8 Å². The Morgan fingerprint density at radius 2 is 2.10 bits per heavy atom. The van der Waals surface area contributed by atoms with Crippen molar-refractivity contribution < 1.29 is 9.59 Å². The van der Waals surface area contributed by atoms with Crippen LogP contribution in [0.1, 0.15) is 33.3 Å². The Kier molecular flexibility index (Phi) is 4.09. The quantitative estimate of drug-likeness (QED) is 0.777. The lowest BCUT2D eigenvalue weighted by atomic mass is 10.1. The van der Waals surface area contributed by atoms with Gasteiger partial charge in [-0.25, -0.2) is 0 Å². The molecule has 1 aromatic carbocycles. The van der Waals surface area contributed by atoms with Gasteiger partial charge >= 0.3 is 0 Å². The zero-order valence-electron chi connectivity index (χ0n) is 11.2. The van der Waals surface area contributed by atoms with E-state index in [4.69, 9.17) is 0 Å². The van der Waals surface area contributed by atoms with Crippen LogP contribution in [0.5, 0.6) is 0 Å². The first-order valence-electron chi connectivity index (χ1n) is 6.17. The second-order valence-corrected chi connectivity index (χ2v) is 4.20. The van der Waals surface area contributed by atoms with Crippen LogP contribution in [0.4, 0.5) is 5.69 Å². The van der Waals surface area contributed by atoms with Crippen LogP contribution in [0.25, 0.3) is 0 Å². The smallest absolute Gasteiger partial charge is 0.277 e. The minimum absolute atomic E-state index is 0.176.